The molecule has 76 valence electrons. The Kier molecular flexibility index (Phi) is 2.00. The van der Waals surface area contributed by atoms with Crippen LogP contribution in [0.5, 0.6) is 5.75 Å². The molecule has 0 atom stereocenters. The number of rotatable bonds is 1. The SMILES string of the molecule is CC(C)(N)c1c(F)ccc2c1OCC2. The number of ether oxygens (including phenoxy) is 1. The molecule has 0 bridgehead atoms. The van der Waals surface area contributed by atoms with Gasteiger partial charge in [-0.2, -0.15) is 0 Å². The average Bonchev–Trinajstić information content (AvgIpc) is 2.48. The smallest absolute Gasteiger partial charge is 0.131 e. The molecule has 2 N–H and O–H groups in total. The first-order valence-electron chi connectivity index (χ1n) is 4.73. The van der Waals surface area contributed by atoms with Crippen molar-refractivity contribution in [3.8, 4) is 5.75 Å². The van der Waals surface area contributed by atoms with Crippen LogP contribution < -0.4 is 10.5 Å². The van der Waals surface area contributed by atoms with Crippen LogP contribution in [-0.2, 0) is 12.0 Å². The average molecular weight is 195 g/mol. The van der Waals surface area contributed by atoms with Crippen molar-refractivity contribution in [2.75, 3.05) is 6.61 Å². The van der Waals surface area contributed by atoms with Crippen molar-refractivity contribution in [3.05, 3.63) is 29.1 Å². The summed E-state index contributed by atoms with van der Waals surface area (Å²) in [6.45, 7) is 4.20. The molecule has 1 heterocycles. The highest BCUT2D eigenvalue weighted by Gasteiger charge is 2.28. The topological polar surface area (TPSA) is 35.2 Å². The quantitative estimate of drug-likeness (QED) is 0.743. The molecule has 0 unspecified atom stereocenters. The minimum atomic E-state index is -0.695. The van der Waals surface area contributed by atoms with Crippen LogP contribution in [0.15, 0.2) is 12.1 Å². The van der Waals surface area contributed by atoms with E-state index in [1.807, 2.05) is 0 Å². The van der Waals surface area contributed by atoms with Crippen LogP contribution in [0.2, 0.25) is 0 Å². The molecule has 0 saturated heterocycles. The monoisotopic (exact) mass is 195 g/mol. The Hall–Kier alpha value is -1.09. The lowest BCUT2D eigenvalue weighted by Gasteiger charge is -2.22. The van der Waals surface area contributed by atoms with E-state index in [2.05, 4.69) is 0 Å². The van der Waals surface area contributed by atoms with Crippen LogP contribution in [0.25, 0.3) is 0 Å². The Morgan fingerprint density at radius 3 is 2.79 bits per heavy atom. The predicted octanol–water partition coefficient (Wildman–Crippen LogP) is 1.95. The Labute approximate surface area is 82.9 Å². The molecule has 0 aromatic heterocycles. The third-order valence-electron chi connectivity index (χ3n) is 2.45. The Bertz CT molecular complexity index is 368. The van der Waals surface area contributed by atoms with Gasteiger partial charge in [0, 0.05) is 17.5 Å². The van der Waals surface area contributed by atoms with Gasteiger partial charge in [0.25, 0.3) is 0 Å². The molecule has 0 amide bonds. The first kappa shape index (κ1) is 9.46. The predicted molar refractivity (Wildman–Crippen MR) is 52.8 cm³/mol. The fraction of sp³-hybridized carbons (Fsp3) is 0.455. The molecule has 0 aliphatic carbocycles. The number of halogens is 1. The van der Waals surface area contributed by atoms with Crippen LogP contribution in [0, 0.1) is 5.82 Å². The van der Waals surface area contributed by atoms with Gasteiger partial charge < -0.3 is 10.5 Å². The molecule has 14 heavy (non-hydrogen) atoms. The van der Waals surface area contributed by atoms with Gasteiger partial charge in [-0.15, -0.1) is 0 Å². The highest BCUT2D eigenvalue weighted by atomic mass is 19.1. The summed E-state index contributed by atoms with van der Waals surface area (Å²) >= 11 is 0. The minimum Gasteiger partial charge on any atom is -0.492 e. The molecule has 1 aliphatic rings. The lowest BCUT2D eigenvalue weighted by atomic mass is 9.92. The number of nitrogens with two attached hydrogens (primary N) is 1. The Balaban J connectivity index is 2.63. The second-order valence-corrected chi connectivity index (χ2v) is 4.23. The van der Waals surface area contributed by atoms with E-state index in [9.17, 15) is 4.39 Å². The first-order chi connectivity index (χ1) is 6.50. The lowest BCUT2D eigenvalue weighted by molar-refractivity contribution is 0.340. The summed E-state index contributed by atoms with van der Waals surface area (Å²) < 4.78 is 19.0. The molecular weight excluding hydrogens is 181 g/mol. The molecule has 2 rings (SSSR count). The molecule has 0 radical (unpaired) electrons. The normalized spacial score (nSPS) is 15.1. The van der Waals surface area contributed by atoms with Crippen molar-refractivity contribution in [1.29, 1.82) is 0 Å². The standard InChI is InChI=1S/C11H14FNO/c1-11(2,13)9-8(12)4-3-7-5-6-14-10(7)9/h3-4H,5-6,13H2,1-2H3. The van der Waals surface area contributed by atoms with E-state index < -0.39 is 5.54 Å². The fourth-order valence-electron chi connectivity index (χ4n) is 1.83. The molecule has 1 aromatic rings. The highest BCUT2D eigenvalue weighted by Crippen LogP contribution is 2.36. The summed E-state index contributed by atoms with van der Waals surface area (Å²) in [5.41, 5.74) is 6.76. The highest BCUT2D eigenvalue weighted by molar-refractivity contribution is 5.47. The summed E-state index contributed by atoms with van der Waals surface area (Å²) in [6, 6.07) is 3.24. The van der Waals surface area contributed by atoms with Gasteiger partial charge in [-0.1, -0.05) is 6.07 Å². The van der Waals surface area contributed by atoms with E-state index in [1.54, 1.807) is 19.9 Å². The van der Waals surface area contributed by atoms with E-state index in [0.29, 0.717) is 17.9 Å². The first-order valence-corrected chi connectivity index (χ1v) is 4.73. The van der Waals surface area contributed by atoms with Crippen molar-refractivity contribution in [1.82, 2.24) is 0 Å². The summed E-state index contributed by atoms with van der Waals surface area (Å²) in [4.78, 5) is 0. The van der Waals surface area contributed by atoms with E-state index in [4.69, 9.17) is 10.5 Å². The second kappa shape index (κ2) is 2.95. The van der Waals surface area contributed by atoms with Crippen LogP contribution in [0.1, 0.15) is 25.0 Å². The molecule has 1 aliphatic heterocycles. The van der Waals surface area contributed by atoms with Gasteiger partial charge in [0.15, 0.2) is 0 Å². The van der Waals surface area contributed by atoms with E-state index in [-0.39, 0.29) is 5.82 Å². The summed E-state index contributed by atoms with van der Waals surface area (Å²) in [7, 11) is 0. The maximum Gasteiger partial charge on any atom is 0.131 e. The van der Waals surface area contributed by atoms with Crippen LogP contribution >= 0.6 is 0 Å². The lowest BCUT2D eigenvalue weighted by Crippen LogP contribution is -2.30. The number of hydrogen-bond donors (Lipinski definition) is 1. The maximum atomic E-state index is 13.6. The van der Waals surface area contributed by atoms with Crippen molar-refractivity contribution in [2.45, 2.75) is 25.8 Å². The third kappa shape index (κ3) is 1.38. The van der Waals surface area contributed by atoms with E-state index >= 15 is 0 Å². The molecule has 0 fully saturated rings. The number of benzene rings is 1. The molecule has 0 spiro atoms. The Morgan fingerprint density at radius 1 is 1.43 bits per heavy atom. The summed E-state index contributed by atoms with van der Waals surface area (Å²) in [5, 5.41) is 0. The van der Waals surface area contributed by atoms with Crippen molar-refractivity contribution >= 4 is 0 Å². The van der Waals surface area contributed by atoms with Gasteiger partial charge in [-0.3, -0.25) is 0 Å². The molecular formula is C11H14FNO. The van der Waals surface area contributed by atoms with Crippen LogP contribution in [0.4, 0.5) is 4.39 Å². The molecule has 2 nitrogen and oxygen atoms in total. The van der Waals surface area contributed by atoms with Gasteiger partial charge in [0.05, 0.1) is 6.61 Å². The zero-order valence-corrected chi connectivity index (χ0v) is 8.43. The molecule has 0 saturated carbocycles. The van der Waals surface area contributed by atoms with Gasteiger partial charge in [-0.25, -0.2) is 4.39 Å². The van der Waals surface area contributed by atoms with E-state index in [0.717, 1.165) is 12.0 Å². The zero-order chi connectivity index (χ0) is 10.3. The fourth-order valence-corrected chi connectivity index (χ4v) is 1.83. The van der Waals surface area contributed by atoms with Gasteiger partial charge in [0.2, 0.25) is 0 Å². The van der Waals surface area contributed by atoms with Crippen molar-refractivity contribution in [2.24, 2.45) is 5.73 Å². The number of fused-ring (bicyclic) bond motifs is 1. The zero-order valence-electron chi connectivity index (χ0n) is 8.43. The van der Waals surface area contributed by atoms with Crippen LogP contribution in [0.3, 0.4) is 0 Å². The van der Waals surface area contributed by atoms with Crippen molar-refractivity contribution < 1.29 is 9.13 Å². The largest absolute Gasteiger partial charge is 0.492 e. The minimum absolute atomic E-state index is 0.279. The second-order valence-electron chi connectivity index (χ2n) is 4.23. The van der Waals surface area contributed by atoms with Gasteiger partial charge >= 0.3 is 0 Å². The maximum absolute atomic E-state index is 13.6. The summed E-state index contributed by atoms with van der Waals surface area (Å²) in [6.07, 6.45) is 0.846. The molecule has 3 heteroatoms. The van der Waals surface area contributed by atoms with Crippen molar-refractivity contribution in [3.63, 3.8) is 0 Å². The van der Waals surface area contributed by atoms with Crippen LogP contribution in [-0.4, -0.2) is 6.61 Å². The molecule has 1 aromatic carbocycles. The Morgan fingerprint density at radius 2 is 2.14 bits per heavy atom. The number of hydrogen-bond acceptors (Lipinski definition) is 2. The van der Waals surface area contributed by atoms with Gasteiger partial charge in [-0.05, 0) is 25.5 Å². The third-order valence-corrected chi connectivity index (χ3v) is 2.45. The van der Waals surface area contributed by atoms with E-state index in [1.165, 1.54) is 6.07 Å². The van der Waals surface area contributed by atoms with Gasteiger partial charge in [0.1, 0.15) is 11.6 Å². The summed E-state index contributed by atoms with van der Waals surface area (Å²) in [5.74, 6) is 0.371.